The molecule has 18 nitrogen and oxygen atoms in total. The van der Waals surface area contributed by atoms with Crippen molar-refractivity contribution < 1.29 is 29.1 Å². The molecule has 5 amide bonds. The Hall–Kier alpha value is -5.13. The largest absolute Gasteiger partial charge is 0.508 e. The van der Waals surface area contributed by atoms with Gasteiger partial charge in [-0.25, -0.2) is 0 Å². The third kappa shape index (κ3) is 14.7. The molecule has 0 bridgehead atoms. The molecule has 1 aliphatic rings. The number of amides is 5. The van der Waals surface area contributed by atoms with E-state index < -0.39 is 47.8 Å². The van der Waals surface area contributed by atoms with Gasteiger partial charge in [0, 0.05) is 19.6 Å². The average molecular weight is 689 g/mol. The van der Waals surface area contributed by atoms with Crippen molar-refractivity contribution in [3.8, 4) is 5.75 Å². The number of aliphatic imine (C=N–C) groups is 2. The van der Waals surface area contributed by atoms with Gasteiger partial charge in [-0.2, -0.15) is 0 Å². The van der Waals surface area contributed by atoms with Gasteiger partial charge in [-0.1, -0.05) is 12.1 Å². The Morgan fingerprint density at radius 3 is 1.86 bits per heavy atom. The molecule has 1 aromatic carbocycles. The van der Waals surface area contributed by atoms with Gasteiger partial charge in [0.1, 0.15) is 29.9 Å². The van der Waals surface area contributed by atoms with Crippen LogP contribution in [0.15, 0.2) is 34.3 Å². The van der Waals surface area contributed by atoms with E-state index in [1.54, 1.807) is 12.1 Å². The van der Waals surface area contributed by atoms with Crippen molar-refractivity contribution >= 4 is 41.5 Å². The fraction of sp³-hybridized carbons (Fsp3) is 0.581. The highest BCUT2D eigenvalue weighted by atomic mass is 16.3. The summed E-state index contributed by atoms with van der Waals surface area (Å²) in [4.78, 5) is 75.2. The van der Waals surface area contributed by atoms with E-state index in [4.69, 9.17) is 34.4 Å². The monoisotopic (exact) mass is 688 g/mol. The van der Waals surface area contributed by atoms with Gasteiger partial charge >= 0.3 is 0 Å². The van der Waals surface area contributed by atoms with Crippen LogP contribution in [0.4, 0.5) is 0 Å². The number of nitrogens with two attached hydrogens (primary N) is 6. The fourth-order valence-corrected chi connectivity index (χ4v) is 5.36. The van der Waals surface area contributed by atoms with Gasteiger partial charge in [0.25, 0.3) is 0 Å². The van der Waals surface area contributed by atoms with Crippen molar-refractivity contribution in [2.75, 3.05) is 26.2 Å². The molecule has 0 spiro atoms. The number of guanidine groups is 2. The van der Waals surface area contributed by atoms with Crippen molar-refractivity contribution in [3.63, 3.8) is 0 Å². The average Bonchev–Trinajstić information content (AvgIpc) is 3.54. The maximum Gasteiger partial charge on any atom is 0.243 e. The summed E-state index contributed by atoms with van der Waals surface area (Å²) in [6.07, 6.45) is 3.26. The maximum absolute atomic E-state index is 13.7. The van der Waals surface area contributed by atoms with E-state index in [1.807, 2.05) is 0 Å². The predicted octanol–water partition coefficient (Wildman–Crippen LogP) is -2.90. The number of rotatable bonds is 21. The number of benzene rings is 1. The number of carbonyl (C=O) groups is 5. The molecule has 0 saturated carbocycles. The molecule has 1 aliphatic heterocycles. The van der Waals surface area contributed by atoms with Gasteiger partial charge in [-0.05, 0) is 82.0 Å². The number of unbranched alkanes of at least 4 members (excludes halogenated alkanes) is 1. The number of phenolic OH excluding ortho intramolecular Hbond substituents is 1. The van der Waals surface area contributed by atoms with E-state index >= 15 is 0 Å². The van der Waals surface area contributed by atoms with Crippen LogP contribution in [0.25, 0.3) is 0 Å². The first-order valence-corrected chi connectivity index (χ1v) is 16.4. The summed E-state index contributed by atoms with van der Waals surface area (Å²) in [6, 6.07) is 2.21. The van der Waals surface area contributed by atoms with Crippen molar-refractivity contribution in [2.45, 2.75) is 88.4 Å². The van der Waals surface area contributed by atoms with Crippen LogP contribution in [0.1, 0.15) is 63.4 Å². The minimum absolute atomic E-state index is 0.0434. The zero-order valence-corrected chi connectivity index (χ0v) is 27.8. The van der Waals surface area contributed by atoms with E-state index in [-0.39, 0.29) is 62.3 Å². The number of hydrogen-bond acceptors (Lipinski definition) is 9. The standard InChI is InChI=1S/C31H52N12O6/c32-14-2-1-6-22(42-29(49)24-9-5-17-43(24)25(45)18-19-10-12-20(44)13-11-19)28(48)41-23(8-4-16-39-31(36)37)27(47)40-21(26(33)46)7-3-15-38-30(34)35/h10-13,21-24,44H,1-9,14-18,32H2,(H2,33,46)(H,40,47)(H,41,48)(H,42,49)(H4,34,35,38)(H4,36,37,39). The number of primary amides is 1. The highest BCUT2D eigenvalue weighted by Gasteiger charge is 2.36. The Morgan fingerprint density at radius 1 is 0.776 bits per heavy atom. The first kappa shape index (κ1) is 40.0. The summed E-state index contributed by atoms with van der Waals surface area (Å²) in [7, 11) is 0. The zero-order chi connectivity index (χ0) is 36.3. The van der Waals surface area contributed by atoms with Gasteiger partial charge in [0.2, 0.25) is 29.5 Å². The lowest BCUT2D eigenvalue weighted by Gasteiger charge is -2.28. The van der Waals surface area contributed by atoms with Crippen LogP contribution in [-0.4, -0.2) is 102 Å². The molecule has 0 aliphatic carbocycles. The molecule has 1 heterocycles. The van der Waals surface area contributed by atoms with Gasteiger partial charge < -0.3 is 60.4 Å². The Morgan fingerprint density at radius 2 is 1.31 bits per heavy atom. The number of likely N-dealkylation sites (tertiary alicyclic amines) is 1. The van der Waals surface area contributed by atoms with Gasteiger partial charge in [0.05, 0.1) is 6.42 Å². The van der Waals surface area contributed by atoms with Gasteiger partial charge in [-0.3, -0.25) is 34.0 Å². The van der Waals surface area contributed by atoms with E-state index in [1.165, 1.54) is 17.0 Å². The molecule has 272 valence electrons. The molecule has 16 N–H and O–H groups in total. The first-order chi connectivity index (χ1) is 23.3. The van der Waals surface area contributed by atoms with E-state index in [2.05, 4.69) is 25.9 Å². The fourth-order valence-electron chi connectivity index (χ4n) is 5.36. The summed E-state index contributed by atoms with van der Waals surface area (Å²) in [5, 5.41) is 17.6. The second kappa shape index (κ2) is 21.0. The molecule has 4 atom stereocenters. The Labute approximate surface area is 285 Å². The number of aromatic hydroxyl groups is 1. The third-order valence-corrected chi connectivity index (χ3v) is 7.93. The molecule has 2 rings (SSSR count). The number of carbonyl (C=O) groups excluding carboxylic acids is 5. The molecule has 0 radical (unpaired) electrons. The van der Waals surface area contributed by atoms with Crippen LogP contribution >= 0.6 is 0 Å². The van der Waals surface area contributed by atoms with Crippen molar-refractivity contribution in [3.05, 3.63) is 29.8 Å². The first-order valence-electron chi connectivity index (χ1n) is 16.4. The lowest BCUT2D eigenvalue weighted by atomic mass is 10.0. The molecule has 18 heteroatoms. The van der Waals surface area contributed by atoms with E-state index in [9.17, 15) is 29.1 Å². The summed E-state index contributed by atoms with van der Waals surface area (Å²) in [6.45, 7) is 1.14. The van der Waals surface area contributed by atoms with Crippen molar-refractivity contribution in [2.24, 2.45) is 44.4 Å². The topological polar surface area (TPSA) is 326 Å². The Balaban J connectivity index is 2.18. The normalized spacial score (nSPS) is 15.7. The highest BCUT2D eigenvalue weighted by Crippen LogP contribution is 2.20. The van der Waals surface area contributed by atoms with Crippen molar-refractivity contribution in [1.82, 2.24) is 20.9 Å². The minimum Gasteiger partial charge on any atom is -0.508 e. The quantitative estimate of drug-likeness (QED) is 0.0355. The molecule has 1 aromatic rings. The second-order valence-corrected chi connectivity index (χ2v) is 11.9. The maximum atomic E-state index is 13.7. The molecule has 4 unspecified atom stereocenters. The molecule has 49 heavy (non-hydrogen) atoms. The van der Waals surface area contributed by atoms with Crippen LogP contribution in [0.3, 0.4) is 0 Å². The van der Waals surface area contributed by atoms with Gasteiger partial charge in [0.15, 0.2) is 11.9 Å². The predicted molar refractivity (Wildman–Crippen MR) is 184 cm³/mol. The minimum atomic E-state index is -1.13. The van der Waals surface area contributed by atoms with E-state index in [0.717, 1.165) is 0 Å². The summed E-state index contributed by atoms with van der Waals surface area (Å²) in [5.74, 6) is -3.00. The lowest BCUT2D eigenvalue weighted by molar-refractivity contribution is -0.139. The third-order valence-electron chi connectivity index (χ3n) is 7.93. The van der Waals surface area contributed by atoms with Crippen LogP contribution in [0.5, 0.6) is 5.75 Å². The molecular formula is C31H52N12O6. The SMILES string of the molecule is NCCCCC(NC(=O)C1CCCN1C(=O)Cc1ccc(O)cc1)C(=O)NC(CCCN=C(N)N)C(=O)NC(CCCN=C(N)N)C(N)=O. The Bertz CT molecular complexity index is 1310. The number of phenols is 1. The second-order valence-electron chi connectivity index (χ2n) is 11.9. The summed E-state index contributed by atoms with van der Waals surface area (Å²) in [5.41, 5.74) is 33.4. The van der Waals surface area contributed by atoms with Gasteiger partial charge in [-0.15, -0.1) is 0 Å². The number of hydrogen-bond donors (Lipinski definition) is 10. The van der Waals surface area contributed by atoms with Crippen LogP contribution in [0.2, 0.25) is 0 Å². The molecule has 1 fully saturated rings. The van der Waals surface area contributed by atoms with Crippen LogP contribution in [-0.2, 0) is 30.4 Å². The zero-order valence-electron chi connectivity index (χ0n) is 27.8. The summed E-state index contributed by atoms with van der Waals surface area (Å²) >= 11 is 0. The van der Waals surface area contributed by atoms with Crippen LogP contribution in [0, 0.1) is 0 Å². The number of nitrogens with zero attached hydrogens (tertiary/aromatic N) is 3. The lowest BCUT2D eigenvalue weighted by Crippen LogP contribution is -2.58. The molecule has 1 saturated heterocycles. The van der Waals surface area contributed by atoms with Crippen LogP contribution < -0.4 is 50.4 Å². The van der Waals surface area contributed by atoms with Crippen molar-refractivity contribution in [1.29, 1.82) is 0 Å². The molecular weight excluding hydrogens is 636 g/mol. The van der Waals surface area contributed by atoms with E-state index in [0.29, 0.717) is 57.2 Å². The highest BCUT2D eigenvalue weighted by molar-refractivity contribution is 5.95. The molecule has 0 aromatic heterocycles. The number of nitrogens with one attached hydrogen (secondary N) is 3. The summed E-state index contributed by atoms with van der Waals surface area (Å²) < 4.78 is 0. The Kier molecular flexibility index (Phi) is 17.1. The smallest absolute Gasteiger partial charge is 0.243 e.